The zero-order chi connectivity index (χ0) is 12.3. The fraction of sp³-hybridized carbons (Fsp3) is 0.600. The Morgan fingerprint density at radius 2 is 2.18 bits per heavy atom. The molecule has 2 unspecified atom stereocenters. The van der Waals surface area contributed by atoms with Gasteiger partial charge in [0.15, 0.2) is 0 Å². The fourth-order valence-corrected chi connectivity index (χ4v) is 2.51. The number of ether oxygens (including phenoxy) is 1. The van der Waals surface area contributed by atoms with Crippen molar-refractivity contribution >= 4 is 0 Å². The van der Waals surface area contributed by atoms with Crippen LogP contribution in [0.5, 0.6) is 5.75 Å². The van der Waals surface area contributed by atoms with Crippen LogP contribution in [0.4, 0.5) is 0 Å². The minimum atomic E-state index is 0.585. The summed E-state index contributed by atoms with van der Waals surface area (Å²) in [6.07, 6.45) is 2.67. The number of benzene rings is 1. The molecule has 0 aliphatic heterocycles. The number of hydrogen-bond acceptors (Lipinski definition) is 2. The van der Waals surface area contributed by atoms with E-state index in [1.165, 1.54) is 18.4 Å². The summed E-state index contributed by atoms with van der Waals surface area (Å²) in [6, 6.07) is 9.12. The molecule has 1 aromatic rings. The van der Waals surface area contributed by atoms with Gasteiger partial charge < -0.3 is 10.1 Å². The third-order valence-electron chi connectivity index (χ3n) is 3.73. The van der Waals surface area contributed by atoms with E-state index in [0.717, 1.165) is 24.1 Å². The average Bonchev–Trinajstić information content (AvgIpc) is 2.27. The lowest BCUT2D eigenvalue weighted by molar-refractivity contribution is 0.240. The number of hydrogen-bond donors (Lipinski definition) is 1. The third kappa shape index (κ3) is 3.01. The lowest BCUT2D eigenvalue weighted by atomic mass is 9.70. The van der Waals surface area contributed by atoms with Gasteiger partial charge in [-0.2, -0.15) is 0 Å². The molecule has 0 amide bonds. The molecule has 2 rings (SSSR count). The fourth-order valence-electron chi connectivity index (χ4n) is 2.51. The quantitative estimate of drug-likeness (QED) is 0.843. The van der Waals surface area contributed by atoms with E-state index in [1.807, 2.05) is 6.07 Å². The van der Waals surface area contributed by atoms with E-state index < -0.39 is 0 Å². The third-order valence-corrected chi connectivity index (χ3v) is 3.73. The van der Waals surface area contributed by atoms with Crippen LogP contribution in [0.2, 0.25) is 0 Å². The van der Waals surface area contributed by atoms with E-state index >= 15 is 0 Å². The van der Waals surface area contributed by atoms with Gasteiger partial charge in [0.05, 0.1) is 7.11 Å². The topological polar surface area (TPSA) is 21.3 Å². The summed E-state index contributed by atoms with van der Waals surface area (Å²) in [5.41, 5.74) is 1.44. The lowest BCUT2D eigenvalue weighted by Crippen LogP contribution is -2.36. The van der Waals surface area contributed by atoms with Crippen molar-refractivity contribution < 1.29 is 4.74 Å². The van der Waals surface area contributed by atoms with E-state index in [4.69, 9.17) is 4.74 Å². The molecule has 94 valence electrons. The first-order valence-electron chi connectivity index (χ1n) is 6.58. The van der Waals surface area contributed by atoms with Crippen molar-refractivity contribution in [2.45, 2.75) is 38.6 Å². The van der Waals surface area contributed by atoms with Crippen molar-refractivity contribution in [3.05, 3.63) is 29.8 Å². The van der Waals surface area contributed by atoms with E-state index in [2.05, 4.69) is 37.4 Å². The Labute approximate surface area is 104 Å². The van der Waals surface area contributed by atoms with Gasteiger partial charge in [-0.15, -0.1) is 0 Å². The molecule has 0 heterocycles. The van der Waals surface area contributed by atoms with Gasteiger partial charge in [-0.3, -0.25) is 0 Å². The van der Waals surface area contributed by atoms with Gasteiger partial charge in [-0.1, -0.05) is 26.0 Å². The van der Waals surface area contributed by atoms with E-state index in [1.54, 1.807) is 7.11 Å². The second-order valence-electron chi connectivity index (χ2n) is 5.28. The van der Waals surface area contributed by atoms with Gasteiger partial charge in [0.25, 0.3) is 0 Å². The highest BCUT2D eigenvalue weighted by Crippen LogP contribution is 2.42. The molecule has 2 nitrogen and oxygen atoms in total. The van der Waals surface area contributed by atoms with E-state index in [9.17, 15) is 0 Å². The standard InChI is InChI=1S/C15H23NO/c1-11(2)16-10-13-7-8-15(13)12-5-4-6-14(9-12)17-3/h4-6,9,11,13,15-16H,7-8,10H2,1-3H3. The lowest BCUT2D eigenvalue weighted by Gasteiger charge is -2.38. The molecule has 0 radical (unpaired) electrons. The number of methoxy groups -OCH3 is 1. The Bertz CT molecular complexity index is 362. The van der Waals surface area contributed by atoms with Crippen LogP contribution in [0, 0.1) is 5.92 Å². The molecule has 17 heavy (non-hydrogen) atoms. The van der Waals surface area contributed by atoms with Crippen LogP contribution in [0.3, 0.4) is 0 Å². The van der Waals surface area contributed by atoms with Crippen LogP contribution < -0.4 is 10.1 Å². The van der Waals surface area contributed by atoms with Gasteiger partial charge in [0, 0.05) is 6.04 Å². The highest BCUT2D eigenvalue weighted by atomic mass is 16.5. The Hall–Kier alpha value is -1.02. The second-order valence-corrected chi connectivity index (χ2v) is 5.28. The van der Waals surface area contributed by atoms with Gasteiger partial charge in [-0.25, -0.2) is 0 Å². The van der Waals surface area contributed by atoms with Crippen molar-refractivity contribution in [3.63, 3.8) is 0 Å². The summed E-state index contributed by atoms with van der Waals surface area (Å²) in [5.74, 6) is 2.49. The number of rotatable bonds is 5. The molecule has 1 aliphatic rings. The molecular formula is C15H23NO. The minimum Gasteiger partial charge on any atom is -0.497 e. The summed E-state index contributed by atoms with van der Waals surface area (Å²) < 4.78 is 5.29. The molecular weight excluding hydrogens is 210 g/mol. The molecule has 1 saturated carbocycles. The maximum Gasteiger partial charge on any atom is 0.119 e. The Morgan fingerprint density at radius 3 is 2.76 bits per heavy atom. The summed E-state index contributed by atoms with van der Waals surface area (Å²) in [4.78, 5) is 0. The molecule has 0 bridgehead atoms. The van der Waals surface area contributed by atoms with Crippen LogP contribution in [0.25, 0.3) is 0 Å². The average molecular weight is 233 g/mol. The summed E-state index contributed by atoms with van der Waals surface area (Å²) in [7, 11) is 1.73. The normalized spacial score (nSPS) is 23.5. The Kier molecular flexibility index (Phi) is 4.06. The highest BCUT2D eigenvalue weighted by molar-refractivity contribution is 5.32. The zero-order valence-corrected chi connectivity index (χ0v) is 11.1. The molecule has 1 aromatic carbocycles. The predicted molar refractivity (Wildman–Crippen MR) is 71.6 cm³/mol. The first-order valence-corrected chi connectivity index (χ1v) is 6.58. The zero-order valence-electron chi connectivity index (χ0n) is 11.1. The minimum absolute atomic E-state index is 0.585. The monoisotopic (exact) mass is 233 g/mol. The number of nitrogens with one attached hydrogen (secondary N) is 1. The van der Waals surface area contributed by atoms with Crippen LogP contribution >= 0.6 is 0 Å². The first kappa shape index (κ1) is 12.4. The molecule has 0 aromatic heterocycles. The SMILES string of the molecule is COc1cccc(C2CCC2CNC(C)C)c1. The van der Waals surface area contributed by atoms with Crippen molar-refractivity contribution in [1.29, 1.82) is 0 Å². The molecule has 1 fully saturated rings. The maximum absolute atomic E-state index is 5.29. The van der Waals surface area contributed by atoms with Gasteiger partial charge in [-0.05, 0) is 48.9 Å². The van der Waals surface area contributed by atoms with Crippen molar-refractivity contribution in [1.82, 2.24) is 5.32 Å². The van der Waals surface area contributed by atoms with Gasteiger partial charge in [0.1, 0.15) is 5.75 Å². The molecule has 0 spiro atoms. The predicted octanol–water partition coefficient (Wildman–Crippen LogP) is 3.19. The second kappa shape index (κ2) is 5.54. The van der Waals surface area contributed by atoms with Crippen LogP contribution in [-0.2, 0) is 0 Å². The van der Waals surface area contributed by atoms with Crippen LogP contribution in [-0.4, -0.2) is 19.7 Å². The van der Waals surface area contributed by atoms with Crippen LogP contribution in [0.15, 0.2) is 24.3 Å². The molecule has 2 heteroatoms. The highest BCUT2D eigenvalue weighted by Gasteiger charge is 2.31. The van der Waals surface area contributed by atoms with E-state index in [-0.39, 0.29) is 0 Å². The van der Waals surface area contributed by atoms with Gasteiger partial charge in [0.2, 0.25) is 0 Å². The smallest absolute Gasteiger partial charge is 0.119 e. The molecule has 2 atom stereocenters. The molecule has 1 aliphatic carbocycles. The maximum atomic E-state index is 5.29. The van der Waals surface area contributed by atoms with Crippen molar-refractivity contribution in [2.75, 3.05) is 13.7 Å². The van der Waals surface area contributed by atoms with E-state index in [0.29, 0.717) is 6.04 Å². The van der Waals surface area contributed by atoms with Crippen LogP contribution in [0.1, 0.15) is 38.2 Å². The first-order chi connectivity index (χ1) is 8.20. The summed E-state index contributed by atoms with van der Waals surface area (Å²) in [6.45, 7) is 5.55. The Balaban J connectivity index is 1.97. The molecule has 0 saturated heterocycles. The van der Waals surface area contributed by atoms with Crippen molar-refractivity contribution in [2.24, 2.45) is 5.92 Å². The largest absolute Gasteiger partial charge is 0.497 e. The molecule has 1 N–H and O–H groups in total. The summed E-state index contributed by atoms with van der Waals surface area (Å²) >= 11 is 0. The Morgan fingerprint density at radius 1 is 1.35 bits per heavy atom. The summed E-state index contributed by atoms with van der Waals surface area (Å²) in [5, 5.41) is 3.54. The van der Waals surface area contributed by atoms with Crippen molar-refractivity contribution in [3.8, 4) is 5.75 Å². The van der Waals surface area contributed by atoms with Gasteiger partial charge >= 0.3 is 0 Å².